The first-order valence-corrected chi connectivity index (χ1v) is 9.76. The standard InChI is InChI=1S/C18H25N5O2S/c1-12-15(13(2)23(22-12)14-7-5-4-6-8-14)11-20-17(24)16(9-10-26-3)21-18(19)25/h4-8,16H,9-11H2,1-3H3,(H,20,24)(H3,19,21,25)/t16-/m0/s1. The van der Waals surface area contributed by atoms with Gasteiger partial charge in [-0.05, 0) is 44.4 Å². The summed E-state index contributed by atoms with van der Waals surface area (Å²) < 4.78 is 1.86. The lowest BCUT2D eigenvalue weighted by Gasteiger charge is -2.17. The number of thioether (sulfide) groups is 1. The van der Waals surface area contributed by atoms with E-state index in [0.29, 0.717) is 13.0 Å². The van der Waals surface area contributed by atoms with Crippen LogP contribution in [0, 0.1) is 13.8 Å². The highest BCUT2D eigenvalue weighted by Gasteiger charge is 2.20. The molecule has 0 saturated carbocycles. The molecule has 0 aliphatic heterocycles. The summed E-state index contributed by atoms with van der Waals surface area (Å²) in [5, 5.41) is 9.97. The summed E-state index contributed by atoms with van der Waals surface area (Å²) in [5.74, 6) is 0.506. The molecule has 0 radical (unpaired) electrons. The molecule has 0 aliphatic carbocycles. The Hall–Kier alpha value is -2.48. The van der Waals surface area contributed by atoms with Crippen molar-refractivity contribution in [2.24, 2.45) is 5.73 Å². The lowest BCUT2D eigenvalue weighted by Crippen LogP contribution is -2.48. The Bertz CT molecular complexity index is 760. The molecule has 0 saturated heterocycles. The number of aromatic nitrogens is 2. The largest absolute Gasteiger partial charge is 0.352 e. The number of nitrogens with two attached hydrogens (primary N) is 1. The van der Waals surface area contributed by atoms with E-state index in [1.807, 2.05) is 55.1 Å². The number of aryl methyl sites for hydroxylation is 1. The molecule has 26 heavy (non-hydrogen) atoms. The van der Waals surface area contributed by atoms with Crippen LogP contribution in [0.2, 0.25) is 0 Å². The third-order valence-corrected chi connectivity index (χ3v) is 4.77. The van der Waals surface area contributed by atoms with Crippen molar-refractivity contribution in [3.63, 3.8) is 0 Å². The fourth-order valence-electron chi connectivity index (χ4n) is 2.73. The van der Waals surface area contributed by atoms with Gasteiger partial charge in [0.05, 0.1) is 11.4 Å². The highest BCUT2D eigenvalue weighted by molar-refractivity contribution is 7.98. The molecule has 1 heterocycles. The SMILES string of the molecule is CSCC[C@H](NC(N)=O)C(=O)NCc1c(C)nn(-c2ccccc2)c1C. The number of hydrogen-bond donors (Lipinski definition) is 3. The van der Waals surface area contributed by atoms with Gasteiger partial charge in [-0.15, -0.1) is 0 Å². The molecule has 0 spiro atoms. The van der Waals surface area contributed by atoms with Crippen molar-refractivity contribution in [3.8, 4) is 5.69 Å². The number of amides is 3. The van der Waals surface area contributed by atoms with Gasteiger partial charge < -0.3 is 16.4 Å². The van der Waals surface area contributed by atoms with Crippen LogP contribution < -0.4 is 16.4 Å². The first kappa shape index (κ1) is 19.8. The smallest absolute Gasteiger partial charge is 0.312 e. The van der Waals surface area contributed by atoms with E-state index in [1.54, 1.807) is 11.8 Å². The van der Waals surface area contributed by atoms with Gasteiger partial charge in [0, 0.05) is 17.8 Å². The molecule has 2 aromatic rings. The monoisotopic (exact) mass is 375 g/mol. The summed E-state index contributed by atoms with van der Waals surface area (Å²) in [6.45, 7) is 4.24. The Morgan fingerprint density at radius 3 is 2.58 bits per heavy atom. The molecular weight excluding hydrogens is 350 g/mol. The lowest BCUT2D eigenvalue weighted by molar-refractivity contribution is -0.123. The number of primary amides is 1. The van der Waals surface area contributed by atoms with Crippen LogP contribution in [0.3, 0.4) is 0 Å². The molecule has 140 valence electrons. The summed E-state index contributed by atoms with van der Waals surface area (Å²) in [6, 6.07) is 8.50. The van der Waals surface area contributed by atoms with Crippen LogP contribution in [0.15, 0.2) is 30.3 Å². The van der Waals surface area contributed by atoms with Crippen molar-refractivity contribution in [2.75, 3.05) is 12.0 Å². The van der Waals surface area contributed by atoms with Crippen LogP contribution in [-0.4, -0.2) is 39.8 Å². The average molecular weight is 375 g/mol. The van der Waals surface area contributed by atoms with Gasteiger partial charge in [0.1, 0.15) is 6.04 Å². The third-order valence-electron chi connectivity index (χ3n) is 4.12. The van der Waals surface area contributed by atoms with Crippen LogP contribution in [0.25, 0.3) is 5.69 Å². The predicted molar refractivity (Wildman–Crippen MR) is 104 cm³/mol. The number of nitrogens with zero attached hydrogens (tertiary/aromatic N) is 2. The van der Waals surface area contributed by atoms with E-state index < -0.39 is 12.1 Å². The average Bonchev–Trinajstić information content (AvgIpc) is 2.91. The van der Waals surface area contributed by atoms with E-state index in [-0.39, 0.29) is 5.91 Å². The van der Waals surface area contributed by atoms with Crippen molar-refractivity contribution in [2.45, 2.75) is 32.9 Å². The number of urea groups is 1. The van der Waals surface area contributed by atoms with Gasteiger partial charge in [-0.3, -0.25) is 4.79 Å². The van der Waals surface area contributed by atoms with Gasteiger partial charge in [0.15, 0.2) is 0 Å². The highest BCUT2D eigenvalue weighted by Crippen LogP contribution is 2.17. The van der Waals surface area contributed by atoms with Crippen molar-refractivity contribution in [3.05, 3.63) is 47.3 Å². The molecule has 0 aliphatic rings. The molecule has 2 rings (SSSR count). The number of carbonyl (C=O) groups is 2. The van der Waals surface area contributed by atoms with E-state index in [1.165, 1.54) is 0 Å². The minimum absolute atomic E-state index is 0.246. The van der Waals surface area contributed by atoms with Crippen molar-refractivity contribution in [1.82, 2.24) is 20.4 Å². The number of rotatable bonds is 8. The molecule has 0 fully saturated rings. The number of para-hydroxylation sites is 1. The lowest BCUT2D eigenvalue weighted by atomic mass is 10.1. The molecule has 0 unspecified atom stereocenters. The zero-order chi connectivity index (χ0) is 19.1. The summed E-state index contributed by atoms with van der Waals surface area (Å²) in [7, 11) is 0. The summed E-state index contributed by atoms with van der Waals surface area (Å²) in [4.78, 5) is 23.6. The van der Waals surface area contributed by atoms with Gasteiger partial charge in [-0.2, -0.15) is 16.9 Å². The van der Waals surface area contributed by atoms with Gasteiger partial charge >= 0.3 is 6.03 Å². The maximum atomic E-state index is 12.4. The fourth-order valence-corrected chi connectivity index (χ4v) is 3.20. The minimum atomic E-state index is -0.699. The second-order valence-corrected chi connectivity index (χ2v) is 6.94. The second-order valence-electron chi connectivity index (χ2n) is 5.96. The van der Waals surface area contributed by atoms with Crippen molar-refractivity contribution >= 4 is 23.7 Å². The van der Waals surface area contributed by atoms with E-state index in [0.717, 1.165) is 28.4 Å². The minimum Gasteiger partial charge on any atom is -0.352 e. The Morgan fingerprint density at radius 1 is 1.27 bits per heavy atom. The first-order valence-electron chi connectivity index (χ1n) is 8.37. The summed E-state index contributed by atoms with van der Waals surface area (Å²) in [5.41, 5.74) is 8.94. The molecule has 8 heteroatoms. The topological polar surface area (TPSA) is 102 Å². The Labute approximate surface area is 157 Å². The number of nitrogens with one attached hydrogen (secondary N) is 2. The molecule has 7 nitrogen and oxygen atoms in total. The molecule has 3 amide bonds. The van der Waals surface area contributed by atoms with Crippen molar-refractivity contribution in [1.29, 1.82) is 0 Å². The zero-order valence-electron chi connectivity index (χ0n) is 15.3. The summed E-state index contributed by atoms with van der Waals surface area (Å²) >= 11 is 1.61. The number of carbonyl (C=O) groups excluding carboxylic acids is 2. The van der Waals surface area contributed by atoms with Crippen LogP contribution in [-0.2, 0) is 11.3 Å². The van der Waals surface area contributed by atoms with Crippen LogP contribution in [0.1, 0.15) is 23.4 Å². The van der Waals surface area contributed by atoms with Gasteiger partial charge in [0.25, 0.3) is 0 Å². The maximum absolute atomic E-state index is 12.4. The molecule has 0 bridgehead atoms. The first-order chi connectivity index (χ1) is 12.4. The number of benzene rings is 1. The number of hydrogen-bond acceptors (Lipinski definition) is 4. The second kappa shape index (κ2) is 9.28. The Morgan fingerprint density at radius 2 is 1.96 bits per heavy atom. The molecule has 4 N–H and O–H groups in total. The van der Waals surface area contributed by atoms with E-state index in [9.17, 15) is 9.59 Å². The molecule has 1 atom stereocenters. The van der Waals surface area contributed by atoms with E-state index in [2.05, 4.69) is 15.7 Å². The van der Waals surface area contributed by atoms with Crippen LogP contribution >= 0.6 is 11.8 Å². The van der Waals surface area contributed by atoms with Crippen LogP contribution in [0.5, 0.6) is 0 Å². The molecule has 1 aromatic heterocycles. The Balaban J connectivity index is 2.09. The zero-order valence-corrected chi connectivity index (χ0v) is 16.1. The highest BCUT2D eigenvalue weighted by atomic mass is 32.2. The fraction of sp³-hybridized carbons (Fsp3) is 0.389. The van der Waals surface area contributed by atoms with Gasteiger partial charge in [-0.1, -0.05) is 18.2 Å². The van der Waals surface area contributed by atoms with Crippen LogP contribution in [0.4, 0.5) is 4.79 Å². The predicted octanol–water partition coefficient (Wildman–Crippen LogP) is 1.90. The van der Waals surface area contributed by atoms with E-state index in [4.69, 9.17) is 5.73 Å². The quantitative estimate of drug-likeness (QED) is 0.656. The van der Waals surface area contributed by atoms with Gasteiger partial charge in [0.2, 0.25) is 5.91 Å². The summed E-state index contributed by atoms with van der Waals surface area (Å²) in [6.07, 6.45) is 2.47. The van der Waals surface area contributed by atoms with Gasteiger partial charge in [-0.25, -0.2) is 9.48 Å². The third kappa shape index (κ3) is 5.01. The van der Waals surface area contributed by atoms with Crippen molar-refractivity contribution < 1.29 is 9.59 Å². The Kier molecular flexibility index (Phi) is 7.08. The molecular formula is C18H25N5O2S. The molecule has 1 aromatic carbocycles. The van der Waals surface area contributed by atoms with E-state index >= 15 is 0 Å². The normalized spacial score (nSPS) is 11.8. The maximum Gasteiger partial charge on any atom is 0.312 e.